The second-order valence-corrected chi connectivity index (χ2v) is 10.4. The number of pyridine rings is 1. The van der Waals surface area contributed by atoms with Crippen molar-refractivity contribution in [1.82, 2.24) is 24.8 Å². The van der Waals surface area contributed by atoms with Gasteiger partial charge in [-0.1, -0.05) is 0 Å². The second kappa shape index (κ2) is 10.5. The molecule has 3 aromatic heterocycles. The number of hydrogen-bond acceptors (Lipinski definition) is 10. The van der Waals surface area contributed by atoms with Crippen LogP contribution < -0.4 is 15.4 Å². The third-order valence-corrected chi connectivity index (χ3v) is 7.89. The fourth-order valence-corrected chi connectivity index (χ4v) is 5.81. The van der Waals surface area contributed by atoms with Gasteiger partial charge in [-0.15, -0.1) is 11.3 Å². The van der Waals surface area contributed by atoms with Crippen molar-refractivity contribution in [1.29, 1.82) is 0 Å². The number of ether oxygens (including phenoxy) is 2. The Bertz CT molecular complexity index is 1340. The number of morpholine rings is 1. The number of nitrogens with zero attached hydrogens (tertiary/aromatic N) is 6. The summed E-state index contributed by atoms with van der Waals surface area (Å²) in [6.45, 7) is 5.69. The summed E-state index contributed by atoms with van der Waals surface area (Å²) < 4.78 is 50.1. The van der Waals surface area contributed by atoms with E-state index in [9.17, 15) is 18.0 Å². The van der Waals surface area contributed by atoms with Crippen LogP contribution in [0.4, 0.5) is 24.8 Å². The van der Waals surface area contributed by atoms with Crippen molar-refractivity contribution in [3.63, 3.8) is 0 Å². The van der Waals surface area contributed by atoms with Crippen molar-refractivity contribution in [2.24, 2.45) is 0 Å². The number of rotatable bonds is 5. The van der Waals surface area contributed by atoms with Crippen LogP contribution in [0, 0.1) is 6.92 Å². The maximum absolute atomic E-state index is 12.9. The first kappa shape index (κ1) is 26.4. The van der Waals surface area contributed by atoms with Crippen molar-refractivity contribution in [2.75, 3.05) is 70.2 Å². The number of aromatic nitrogens is 3. The molecule has 3 aromatic rings. The SMILES string of the molecule is COc1ncc(-c2nc(N3CCOCC3)nc3c(CN4CCN(C(=O)C(F)(F)F)CC4)c(C)sc23)cc1N. The minimum absolute atomic E-state index is 0.0233. The number of halogens is 3. The highest BCUT2D eigenvalue weighted by Gasteiger charge is 2.43. The zero-order valence-corrected chi connectivity index (χ0v) is 21.9. The Morgan fingerprint density at radius 1 is 1.16 bits per heavy atom. The van der Waals surface area contributed by atoms with E-state index in [1.165, 1.54) is 7.11 Å². The summed E-state index contributed by atoms with van der Waals surface area (Å²) >= 11 is 1.56. The monoisotopic (exact) mass is 551 g/mol. The lowest BCUT2D eigenvalue weighted by molar-refractivity contribution is -0.187. The summed E-state index contributed by atoms with van der Waals surface area (Å²) in [5.41, 5.74) is 9.77. The summed E-state index contributed by atoms with van der Waals surface area (Å²) in [5.74, 6) is -0.877. The van der Waals surface area contributed by atoms with E-state index in [2.05, 4.69) is 14.8 Å². The number of anilines is 2. The minimum Gasteiger partial charge on any atom is -0.480 e. The van der Waals surface area contributed by atoms with Gasteiger partial charge < -0.3 is 25.0 Å². The number of methoxy groups -OCH3 is 1. The number of thiophene rings is 1. The van der Waals surface area contributed by atoms with Gasteiger partial charge in [-0.25, -0.2) is 15.0 Å². The van der Waals surface area contributed by atoms with E-state index in [4.69, 9.17) is 25.2 Å². The fraction of sp³-hybridized carbons (Fsp3) is 0.500. The molecule has 0 saturated carbocycles. The number of alkyl halides is 3. The Balaban J connectivity index is 1.49. The van der Waals surface area contributed by atoms with E-state index >= 15 is 0 Å². The van der Waals surface area contributed by atoms with Crippen LogP contribution in [0.2, 0.25) is 0 Å². The lowest BCUT2D eigenvalue weighted by Crippen LogP contribution is -2.52. The topological polar surface area (TPSA) is 110 Å². The third kappa shape index (κ3) is 5.20. The second-order valence-electron chi connectivity index (χ2n) is 9.17. The standard InChI is InChI=1S/C24H28F3N7O3S/c1-14-16(13-32-3-5-33(6-4-32)22(35)24(25,26)27)19-20(38-14)18(15-11-17(28)21(36-2)29-12-15)30-23(31-19)34-7-9-37-10-8-34/h11-12H,3-10,13,28H2,1-2H3. The number of amides is 1. The largest absolute Gasteiger partial charge is 0.480 e. The van der Waals surface area contributed by atoms with E-state index in [0.717, 1.165) is 31.1 Å². The normalized spacial score (nSPS) is 17.3. The first-order chi connectivity index (χ1) is 18.2. The molecule has 10 nitrogen and oxygen atoms in total. The molecule has 0 bridgehead atoms. The van der Waals surface area contributed by atoms with Gasteiger partial charge in [0.15, 0.2) is 0 Å². The highest BCUT2D eigenvalue weighted by molar-refractivity contribution is 7.19. The van der Waals surface area contributed by atoms with Crippen LogP contribution >= 0.6 is 11.3 Å². The Morgan fingerprint density at radius 2 is 1.87 bits per heavy atom. The van der Waals surface area contributed by atoms with Gasteiger partial charge in [-0.2, -0.15) is 13.2 Å². The highest BCUT2D eigenvalue weighted by atomic mass is 32.1. The molecule has 0 spiro atoms. The van der Waals surface area contributed by atoms with Crippen LogP contribution in [0.25, 0.3) is 21.5 Å². The summed E-state index contributed by atoms with van der Waals surface area (Å²) in [4.78, 5) is 31.9. The molecule has 0 radical (unpaired) electrons. The molecule has 38 heavy (non-hydrogen) atoms. The first-order valence-corrected chi connectivity index (χ1v) is 13.0. The third-order valence-electron chi connectivity index (χ3n) is 6.74. The van der Waals surface area contributed by atoms with E-state index in [0.29, 0.717) is 69.1 Å². The number of nitrogen functional groups attached to an aromatic ring is 1. The molecule has 1 amide bonds. The predicted octanol–water partition coefficient (Wildman–Crippen LogP) is 2.70. The molecule has 2 aliphatic heterocycles. The van der Waals surface area contributed by atoms with Crippen molar-refractivity contribution in [2.45, 2.75) is 19.6 Å². The van der Waals surface area contributed by atoms with E-state index in [1.54, 1.807) is 23.6 Å². The van der Waals surface area contributed by atoms with Crippen molar-refractivity contribution in [3.8, 4) is 17.1 Å². The number of fused-ring (bicyclic) bond motifs is 1. The number of aryl methyl sites for hydroxylation is 1. The Kier molecular flexibility index (Phi) is 7.29. The van der Waals surface area contributed by atoms with Gasteiger partial charge in [-0.05, 0) is 13.0 Å². The molecule has 0 unspecified atom stereocenters. The van der Waals surface area contributed by atoms with E-state index in [1.807, 2.05) is 6.92 Å². The fourth-order valence-electron chi connectivity index (χ4n) is 4.69. The first-order valence-electron chi connectivity index (χ1n) is 12.2. The maximum Gasteiger partial charge on any atom is 0.471 e. The lowest BCUT2D eigenvalue weighted by atomic mass is 10.1. The Morgan fingerprint density at radius 3 is 2.50 bits per heavy atom. The van der Waals surface area contributed by atoms with E-state index < -0.39 is 12.1 Å². The molecule has 0 aromatic carbocycles. The molecular formula is C24H28F3N7O3S. The van der Waals surface area contributed by atoms with Crippen molar-refractivity contribution >= 4 is 39.1 Å². The smallest absolute Gasteiger partial charge is 0.471 e. The summed E-state index contributed by atoms with van der Waals surface area (Å²) in [6, 6.07) is 1.78. The number of nitrogens with two attached hydrogens (primary N) is 1. The molecule has 204 valence electrons. The van der Waals surface area contributed by atoms with Crippen LogP contribution in [0.15, 0.2) is 12.3 Å². The molecule has 14 heteroatoms. The number of piperazine rings is 1. The molecule has 0 atom stereocenters. The van der Waals surface area contributed by atoms with Gasteiger partial charge in [0.1, 0.15) is 0 Å². The van der Waals surface area contributed by atoms with Gasteiger partial charge in [0.05, 0.1) is 41.9 Å². The quantitative estimate of drug-likeness (QED) is 0.512. The van der Waals surface area contributed by atoms with E-state index in [-0.39, 0.29) is 13.1 Å². The molecule has 2 aliphatic rings. The summed E-state index contributed by atoms with van der Waals surface area (Å²) in [7, 11) is 1.51. The van der Waals surface area contributed by atoms with Crippen LogP contribution in [0.3, 0.4) is 0 Å². The zero-order valence-electron chi connectivity index (χ0n) is 21.0. The van der Waals surface area contributed by atoms with Crippen molar-refractivity contribution in [3.05, 3.63) is 22.7 Å². The average Bonchev–Trinajstić information content (AvgIpc) is 3.22. The Hall–Kier alpha value is -3.23. The predicted molar refractivity (Wildman–Crippen MR) is 137 cm³/mol. The van der Waals surface area contributed by atoms with Gasteiger partial charge in [0.2, 0.25) is 11.8 Å². The summed E-state index contributed by atoms with van der Waals surface area (Å²) in [6.07, 6.45) is -3.18. The Labute approximate surface area is 221 Å². The lowest BCUT2D eigenvalue weighted by Gasteiger charge is -2.35. The maximum atomic E-state index is 12.9. The molecule has 0 aliphatic carbocycles. The zero-order chi connectivity index (χ0) is 27.0. The number of hydrogen-bond donors (Lipinski definition) is 1. The van der Waals surface area contributed by atoms with Gasteiger partial charge >= 0.3 is 12.1 Å². The van der Waals surface area contributed by atoms with Crippen LogP contribution in [-0.4, -0.2) is 96.4 Å². The van der Waals surface area contributed by atoms with Crippen LogP contribution in [-0.2, 0) is 16.1 Å². The van der Waals surface area contributed by atoms with Gasteiger partial charge in [-0.3, -0.25) is 9.69 Å². The number of carbonyl (C=O) groups is 1. The highest BCUT2D eigenvalue weighted by Crippen LogP contribution is 2.39. The van der Waals surface area contributed by atoms with Crippen LogP contribution in [0.1, 0.15) is 10.4 Å². The summed E-state index contributed by atoms with van der Waals surface area (Å²) in [5, 5.41) is 0. The molecule has 5 rings (SSSR count). The molecular weight excluding hydrogens is 523 g/mol. The van der Waals surface area contributed by atoms with Gasteiger partial charge in [0.25, 0.3) is 0 Å². The number of carbonyl (C=O) groups excluding carboxylic acids is 1. The average molecular weight is 552 g/mol. The molecule has 5 heterocycles. The van der Waals surface area contributed by atoms with Crippen LogP contribution in [0.5, 0.6) is 5.88 Å². The van der Waals surface area contributed by atoms with Gasteiger partial charge in [0, 0.05) is 68.0 Å². The molecule has 2 fully saturated rings. The molecule has 2 saturated heterocycles. The molecule has 2 N–H and O–H groups in total. The van der Waals surface area contributed by atoms with Crippen molar-refractivity contribution < 1.29 is 27.4 Å². The minimum atomic E-state index is -4.86.